The number of rotatable bonds is 1. The van der Waals surface area contributed by atoms with E-state index in [9.17, 15) is 13.2 Å². The Bertz CT molecular complexity index is 1120. The summed E-state index contributed by atoms with van der Waals surface area (Å²) in [5.41, 5.74) is 14.6. The van der Waals surface area contributed by atoms with Crippen molar-refractivity contribution in [2.45, 2.75) is 6.18 Å². The minimum Gasteiger partial charge on any atom is -0.475 e. The molecule has 7 nitrogen and oxygen atoms in total. The van der Waals surface area contributed by atoms with Crippen molar-refractivity contribution in [3.63, 3.8) is 0 Å². The SMILES string of the molecule is Nc1nc(N)c2c(cc(-c3cccs3)c3[nH]ccc32)n1.O=C(O)C(F)(F)F. The van der Waals surface area contributed by atoms with E-state index in [0.717, 1.165) is 27.4 Å². The van der Waals surface area contributed by atoms with Gasteiger partial charge in [-0.2, -0.15) is 18.2 Å². The Labute approximate surface area is 153 Å². The molecule has 0 saturated heterocycles. The minimum atomic E-state index is -5.08. The fourth-order valence-electron chi connectivity index (χ4n) is 2.53. The zero-order valence-electron chi connectivity index (χ0n) is 13.4. The van der Waals surface area contributed by atoms with Crippen LogP contribution in [0.2, 0.25) is 0 Å². The number of hydrogen-bond acceptors (Lipinski definition) is 6. The van der Waals surface area contributed by atoms with Gasteiger partial charge in [0.2, 0.25) is 5.95 Å². The van der Waals surface area contributed by atoms with Gasteiger partial charge < -0.3 is 21.6 Å². The Morgan fingerprint density at radius 3 is 2.52 bits per heavy atom. The predicted octanol–water partition coefficient (Wildman–Crippen LogP) is 3.64. The molecule has 0 fully saturated rings. The molecule has 27 heavy (non-hydrogen) atoms. The van der Waals surface area contributed by atoms with E-state index in [1.54, 1.807) is 11.3 Å². The van der Waals surface area contributed by atoms with Gasteiger partial charge in [-0.1, -0.05) is 6.07 Å². The highest BCUT2D eigenvalue weighted by Crippen LogP contribution is 2.37. The summed E-state index contributed by atoms with van der Waals surface area (Å²) in [7, 11) is 0. The van der Waals surface area contributed by atoms with Gasteiger partial charge in [-0.25, -0.2) is 9.78 Å². The number of H-pyrrole nitrogens is 1. The Morgan fingerprint density at radius 2 is 1.93 bits per heavy atom. The third-order valence-electron chi connectivity index (χ3n) is 3.58. The number of nitrogens with one attached hydrogen (secondary N) is 1. The van der Waals surface area contributed by atoms with Crippen molar-refractivity contribution in [3.8, 4) is 10.4 Å². The van der Waals surface area contributed by atoms with Crippen molar-refractivity contribution >= 4 is 50.9 Å². The van der Waals surface area contributed by atoms with Crippen LogP contribution in [0.4, 0.5) is 24.9 Å². The van der Waals surface area contributed by atoms with E-state index in [2.05, 4.69) is 26.4 Å². The van der Waals surface area contributed by atoms with Gasteiger partial charge in [0.1, 0.15) is 5.82 Å². The maximum absolute atomic E-state index is 10.6. The van der Waals surface area contributed by atoms with Crippen LogP contribution in [-0.4, -0.2) is 32.2 Å². The molecule has 0 saturated carbocycles. The largest absolute Gasteiger partial charge is 0.490 e. The van der Waals surface area contributed by atoms with E-state index < -0.39 is 12.1 Å². The number of nitrogens with two attached hydrogens (primary N) is 2. The second-order valence-corrected chi connectivity index (χ2v) is 6.28. The molecule has 0 atom stereocenters. The van der Waals surface area contributed by atoms with Gasteiger partial charge in [-0.05, 0) is 23.6 Å². The molecule has 0 aliphatic heterocycles. The summed E-state index contributed by atoms with van der Waals surface area (Å²) >= 11 is 1.69. The molecule has 0 unspecified atom stereocenters. The number of aliphatic carboxylic acids is 1. The molecule has 3 aromatic heterocycles. The summed E-state index contributed by atoms with van der Waals surface area (Å²) in [6, 6.07) is 8.11. The van der Waals surface area contributed by atoms with Crippen molar-refractivity contribution in [1.29, 1.82) is 0 Å². The smallest absolute Gasteiger partial charge is 0.475 e. The number of aromatic nitrogens is 3. The van der Waals surface area contributed by atoms with Gasteiger partial charge in [0.25, 0.3) is 0 Å². The molecule has 0 radical (unpaired) electrons. The molecule has 11 heteroatoms. The van der Waals surface area contributed by atoms with Gasteiger partial charge in [0.05, 0.1) is 16.4 Å². The van der Waals surface area contributed by atoms with Crippen LogP contribution >= 0.6 is 11.3 Å². The lowest BCUT2D eigenvalue weighted by molar-refractivity contribution is -0.192. The number of nitrogens with zero attached hydrogens (tertiary/aromatic N) is 2. The number of aromatic amines is 1. The molecule has 4 aromatic rings. The van der Waals surface area contributed by atoms with Crippen LogP contribution < -0.4 is 11.5 Å². The lowest BCUT2D eigenvalue weighted by atomic mass is 10.1. The van der Waals surface area contributed by atoms with Crippen LogP contribution in [-0.2, 0) is 4.79 Å². The van der Waals surface area contributed by atoms with E-state index in [4.69, 9.17) is 21.4 Å². The van der Waals surface area contributed by atoms with Crippen molar-refractivity contribution in [2.24, 2.45) is 0 Å². The molecule has 140 valence electrons. The summed E-state index contributed by atoms with van der Waals surface area (Å²) < 4.78 is 31.7. The van der Waals surface area contributed by atoms with Crippen LogP contribution in [0.1, 0.15) is 0 Å². The Hall–Kier alpha value is -3.34. The summed E-state index contributed by atoms with van der Waals surface area (Å²) in [5.74, 6) is -2.15. The molecule has 3 heterocycles. The standard InChI is InChI=1S/C14H11N5S.C2HF3O2/c15-13-11-7-3-4-17-12(7)8(10-2-1-5-20-10)6-9(11)18-14(16)19-13;3-2(4,5)1(6)7/h1-6,17H,(H4,15,16,18,19);(H,6,7). The third kappa shape index (κ3) is 3.62. The van der Waals surface area contributed by atoms with Gasteiger partial charge >= 0.3 is 12.1 Å². The zero-order chi connectivity index (χ0) is 19.8. The number of benzene rings is 1. The lowest BCUT2D eigenvalue weighted by Gasteiger charge is -2.07. The molecule has 0 aliphatic rings. The highest BCUT2D eigenvalue weighted by molar-refractivity contribution is 7.13. The Balaban J connectivity index is 0.000000260. The molecule has 1 aromatic carbocycles. The number of halogens is 3. The number of carboxylic acids is 1. The normalized spacial score (nSPS) is 11.4. The maximum Gasteiger partial charge on any atom is 0.490 e. The number of thiophene rings is 1. The first-order valence-corrected chi connectivity index (χ1v) is 8.23. The molecule has 0 spiro atoms. The van der Waals surface area contributed by atoms with Gasteiger partial charge in [0.15, 0.2) is 0 Å². The third-order valence-corrected chi connectivity index (χ3v) is 4.48. The van der Waals surface area contributed by atoms with Crippen LogP contribution in [0.3, 0.4) is 0 Å². The van der Waals surface area contributed by atoms with Crippen LogP contribution in [0, 0.1) is 0 Å². The molecule has 4 rings (SSSR count). The number of hydrogen-bond donors (Lipinski definition) is 4. The fraction of sp³-hybridized carbons (Fsp3) is 0.0625. The average molecular weight is 395 g/mol. The summed E-state index contributed by atoms with van der Waals surface area (Å²) in [6.45, 7) is 0. The van der Waals surface area contributed by atoms with Gasteiger partial charge in [-0.3, -0.25) is 0 Å². The number of fused-ring (bicyclic) bond motifs is 3. The van der Waals surface area contributed by atoms with Crippen molar-refractivity contribution in [2.75, 3.05) is 11.5 Å². The second-order valence-electron chi connectivity index (χ2n) is 5.33. The average Bonchev–Trinajstić information content (AvgIpc) is 3.25. The summed E-state index contributed by atoms with van der Waals surface area (Å²) in [5, 5.41) is 11.0. The number of carboxylic acid groups (broad SMARTS) is 1. The van der Waals surface area contributed by atoms with Crippen LogP contribution in [0.25, 0.3) is 32.2 Å². The molecular formula is C16H12F3N5O2S. The van der Waals surface area contributed by atoms with Crippen LogP contribution in [0.5, 0.6) is 0 Å². The number of nitrogen functional groups attached to an aromatic ring is 2. The maximum atomic E-state index is 10.6. The Morgan fingerprint density at radius 1 is 1.22 bits per heavy atom. The second kappa shape index (κ2) is 6.76. The first-order valence-electron chi connectivity index (χ1n) is 7.35. The quantitative estimate of drug-likeness (QED) is 0.389. The summed E-state index contributed by atoms with van der Waals surface area (Å²) in [4.78, 5) is 21.7. The highest BCUT2D eigenvalue weighted by Gasteiger charge is 2.38. The van der Waals surface area contributed by atoms with E-state index in [1.807, 2.05) is 24.4 Å². The molecular weight excluding hydrogens is 383 g/mol. The topological polar surface area (TPSA) is 131 Å². The lowest BCUT2D eigenvalue weighted by Crippen LogP contribution is -2.21. The van der Waals surface area contributed by atoms with E-state index in [-0.39, 0.29) is 5.95 Å². The van der Waals surface area contributed by atoms with Gasteiger partial charge in [-0.15, -0.1) is 11.3 Å². The van der Waals surface area contributed by atoms with E-state index in [0.29, 0.717) is 5.82 Å². The highest BCUT2D eigenvalue weighted by atomic mass is 32.1. The number of carbonyl (C=O) groups is 1. The number of alkyl halides is 3. The first kappa shape index (κ1) is 18.5. The molecule has 0 amide bonds. The van der Waals surface area contributed by atoms with Gasteiger partial charge in [0, 0.05) is 22.0 Å². The van der Waals surface area contributed by atoms with E-state index in [1.165, 1.54) is 4.88 Å². The molecule has 0 bridgehead atoms. The molecule has 6 N–H and O–H groups in total. The summed E-state index contributed by atoms with van der Waals surface area (Å²) in [6.07, 6.45) is -3.18. The monoisotopic (exact) mass is 395 g/mol. The van der Waals surface area contributed by atoms with Crippen molar-refractivity contribution < 1.29 is 23.1 Å². The van der Waals surface area contributed by atoms with Crippen molar-refractivity contribution in [1.82, 2.24) is 15.0 Å². The van der Waals surface area contributed by atoms with Crippen LogP contribution in [0.15, 0.2) is 35.8 Å². The van der Waals surface area contributed by atoms with Crippen molar-refractivity contribution in [3.05, 3.63) is 35.8 Å². The predicted molar refractivity (Wildman–Crippen MR) is 97.2 cm³/mol. The fourth-order valence-corrected chi connectivity index (χ4v) is 3.28. The molecule has 0 aliphatic carbocycles. The minimum absolute atomic E-state index is 0.196. The zero-order valence-corrected chi connectivity index (χ0v) is 14.2. The first-order chi connectivity index (χ1) is 12.7. The number of anilines is 2. The van der Waals surface area contributed by atoms with E-state index >= 15 is 0 Å². The Kier molecular flexibility index (Phi) is 4.62.